The van der Waals surface area contributed by atoms with Crippen molar-refractivity contribution >= 4 is 17.1 Å². The summed E-state index contributed by atoms with van der Waals surface area (Å²) in [5.41, 5.74) is 1.82. The molecule has 2 saturated heterocycles. The number of rotatable bonds is 7. The summed E-state index contributed by atoms with van der Waals surface area (Å²) < 4.78 is 13.3. The van der Waals surface area contributed by atoms with E-state index in [4.69, 9.17) is 9.47 Å². The highest BCUT2D eigenvalue weighted by Gasteiger charge is 2.29. The van der Waals surface area contributed by atoms with Crippen LogP contribution in [0.2, 0.25) is 0 Å². The number of hydrogen-bond acceptors (Lipinski definition) is 8. The second kappa shape index (κ2) is 9.82. The predicted molar refractivity (Wildman–Crippen MR) is 120 cm³/mol. The summed E-state index contributed by atoms with van der Waals surface area (Å²) in [7, 11) is 0. The zero-order chi connectivity index (χ0) is 22.6. The van der Waals surface area contributed by atoms with E-state index in [1.807, 2.05) is 6.07 Å². The number of imidazole rings is 1. The number of nitrogens with zero attached hydrogens (tertiary/aromatic N) is 5. The second-order valence-corrected chi connectivity index (χ2v) is 8.57. The van der Waals surface area contributed by atoms with Crippen molar-refractivity contribution in [2.24, 2.45) is 0 Å². The van der Waals surface area contributed by atoms with E-state index >= 15 is 0 Å². The van der Waals surface area contributed by atoms with E-state index < -0.39 is 0 Å². The molecule has 33 heavy (non-hydrogen) atoms. The van der Waals surface area contributed by atoms with Gasteiger partial charge in [0.2, 0.25) is 0 Å². The van der Waals surface area contributed by atoms with E-state index in [1.165, 1.54) is 11.9 Å². The van der Waals surface area contributed by atoms with Gasteiger partial charge in [-0.3, -0.25) is 24.0 Å². The smallest absolute Gasteiger partial charge is 0.320 e. The van der Waals surface area contributed by atoms with Gasteiger partial charge in [-0.05, 0) is 18.4 Å². The largest absolute Gasteiger partial charge is 0.462 e. The third-order valence-electron chi connectivity index (χ3n) is 6.26. The molecule has 174 valence electrons. The molecule has 2 atom stereocenters. The molecule has 3 aromatic rings. The molecular weight excluding hydrogens is 424 g/mol. The van der Waals surface area contributed by atoms with Crippen LogP contribution >= 0.6 is 0 Å². The van der Waals surface area contributed by atoms with E-state index in [0.717, 1.165) is 45.6 Å². The van der Waals surface area contributed by atoms with Crippen molar-refractivity contribution in [3.8, 4) is 0 Å². The number of esters is 1. The fourth-order valence-corrected chi connectivity index (χ4v) is 4.45. The maximum absolute atomic E-state index is 12.4. The summed E-state index contributed by atoms with van der Waals surface area (Å²) in [6.45, 7) is 5.04. The molecular formula is C23H28N6O4. The normalized spacial score (nSPS) is 22.1. The summed E-state index contributed by atoms with van der Waals surface area (Å²) >= 11 is 0. The maximum atomic E-state index is 12.4. The molecule has 0 aliphatic carbocycles. The number of benzene rings is 1. The van der Waals surface area contributed by atoms with Crippen molar-refractivity contribution in [2.75, 3.05) is 39.3 Å². The van der Waals surface area contributed by atoms with Crippen LogP contribution in [-0.2, 0) is 20.8 Å². The first-order valence-electron chi connectivity index (χ1n) is 11.4. The number of carbonyl (C=O) groups is 1. The summed E-state index contributed by atoms with van der Waals surface area (Å²) in [4.78, 5) is 39.6. The molecule has 1 aromatic carbocycles. The first kappa shape index (κ1) is 21.7. The highest BCUT2D eigenvalue weighted by atomic mass is 16.6. The van der Waals surface area contributed by atoms with E-state index in [2.05, 4.69) is 49.0 Å². The summed E-state index contributed by atoms with van der Waals surface area (Å²) in [5, 5.41) is 0. The average molecular weight is 453 g/mol. The quantitative estimate of drug-likeness (QED) is 0.533. The second-order valence-electron chi connectivity index (χ2n) is 8.57. The third-order valence-corrected chi connectivity index (χ3v) is 6.26. The Bertz CT molecular complexity index is 1140. The molecule has 0 bridgehead atoms. The number of aromatic amines is 1. The number of piperazine rings is 1. The van der Waals surface area contributed by atoms with Gasteiger partial charge in [-0.25, -0.2) is 9.97 Å². The van der Waals surface area contributed by atoms with Crippen LogP contribution in [0.1, 0.15) is 24.6 Å². The van der Waals surface area contributed by atoms with Gasteiger partial charge >= 0.3 is 5.97 Å². The fourth-order valence-electron chi connectivity index (χ4n) is 4.45. The predicted octanol–water partition coefficient (Wildman–Crippen LogP) is 1.16. The number of nitrogens with one attached hydrogen (secondary N) is 1. The molecule has 0 saturated carbocycles. The lowest BCUT2D eigenvalue weighted by molar-refractivity contribution is -0.150. The molecule has 0 spiro atoms. The Morgan fingerprint density at radius 2 is 1.88 bits per heavy atom. The molecule has 2 aromatic heterocycles. The lowest BCUT2D eigenvalue weighted by Gasteiger charge is -2.34. The van der Waals surface area contributed by atoms with Crippen LogP contribution in [0.4, 0.5) is 0 Å². The Morgan fingerprint density at radius 3 is 2.70 bits per heavy atom. The molecule has 2 fully saturated rings. The molecule has 10 nitrogen and oxygen atoms in total. The molecule has 4 heterocycles. The molecule has 0 unspecified atom stereocenters. The van der Waals surface area contributed by atoms with Crippen LogP contribution in [0.5, 0.6) is 0 Å². The number of H-pyrrole nitrogens is 1. The topological polar surface area (TPSA) is 106 Å². The molecule has 2 aliphatic rings. The highest BCUT2D eigenvalue weighted by Crippen LogP contribution is 2.30. The molecule has 5 rings (SSSR count). The zero-order valence-corrected chi connectivity index (χ0v) is 18.4. The van der Waals surface area contributed by atoms with Crippen LogP contribution < -0.4 is 5.56 Å². The Balaban J connectivity index is 1.04. The van der Waals surface area contributed by atoms with Crippen molar-refractivity contribution in [2.45, 2.75) is 31.7 Å². The van der Waals surface area contributed by atoms with Crippen LogP contribution in [0.15, 0.2) is 47.8 Å². The number of fused-ring (bicyclic) bond motifs is 1. The van der Waals surface area contributed by atoms with Gasteiger partial charge in [0, 0.05) is 32.7 Å². The average Bonchev–Trinajstić information content (AvgIpc) is 3.47. The molecule has 1 N–H and O–H groups in total. The summed E-state index contributed by atoms with van der Waals surface area (Å²) in [5.74, 6) is -0.222. The van der Waals surface area contributed by atoms with E-state index in [9.17, 15) is 9.59 Å². The minimum atomic E-state index is -0.275. The lowest BCUT2D eigenvalue weighted by atomic mass is 10.2. The van der Waals surface area contributed by atoms with Crippen molar-refractivity contribution in [1.29, 1.82) is 0 Å². The van der Waals surface area contributed by atoms with Gasteiger partial charge in [-0.15, -0.1) is 0 Å². The monoisotopic (exact) mass is 452 g/mol. The van der Waals surface area contributed by atoms with Crippen molar-refractivity contribution in [1.82, 2.24) is 29.3 Å². The van der Waals surface area contributed by atoms with Crippen LogP contribution in [0, 0.1) is 0 Å². The molecule has 2 aliphatic heterocycles. The minimum absolute atomic E-state index is 0.180. The standard InChI is InChI=1S/C23H28N6O4/c30-20(13-28-10-8-27(9-11-28)12-17-4-2-1-3-5-17)32-14-18-6-7-19(33-18)29-16-26-21-22(29)24-15-25-23(21)31/h1-5,15-16,18-19H,6-14H2,(H,24,25,31)/t18-,19+/m0/s1. The number of carbonyl (C=O) groups excluding carboxylic acids is 1. The minimum Gasteiger partial charge on any atom is -0.462 e. The van der Waals surface area contributed by atoms with Crippen LogP contribution in [0.3, 0.4) is 0 Å². The number of ether oxygens (including phenoxy) is 2. The number of aromatic nitrogens is 4. The Labute approximate surface area is 191 Å². The SMILES string of the molecule is O=C(CN1CCN(Cc2ccccc2)CC1)OC[C@@H]1CC[C@H](n2cnc3c(=O)[nH]cnc32)O1. The van der Waals surface area contributed by atoms with Gasteiger partial charge in [-0.2, -0.15) is 0 Å². The Hall–Kier alpha value is -3.08. The highest BCUT2D eigenvalue weighted by molar-refractivity contribution is 5.71. The van der Waals surface area contributed by atoms with Gasteiger partial charge in [0.1, 0.15) is 12.8 Å². The van der Waals surface area contributed by atoms with Gasteiger partial charge < -0.3 is 14.5 Å². The van der Waals surface area contributed by atoms with E-state index in [-0.39, 0.29) is 30.5 Å². The molecule has 0 amide bonds. The van der Waals surface area contributed by atoms with Crippen LogP contribution in [-0.4, -0.2) is 80.7 Å². The molecule has 10 heteroatoms. The molecule has 0 radical (unpaired) electrons. The first-order chi connectivity index (χ1) is 16.2. The lowest BCUT2D eigenvalue weighted by Crippen LogP contribution is -2.47. The Morgan fingerprint density at radius 1 is 1.09 bits per heavy atom. The van der Waals surface area contributed by atoms with Gasteiger partial charge in [0.15, 0.2) is 11.2 Å². The number of hydrogen-bond donors (Lipinski definition) is 1. The van der Waals surface area contributed by atoms with Gasteiger partial charge in [0.05, 0.1) is 25.3 Å². The summed E-state index contributed by atoms with van der Waals surface area (Å²) in [6.07, 6.45) is 3.98. The van der Waals surface area contributed by atoms with Crippen molar-refractivity contribution in [3.05, 3.63) is 58.9 Å². The zero-order valence-electron chi connectivity index (χ0n) is 18.4. The van der Waals surface area contributed by atoms with Gasteiger partial charge in [0.25, 0.3) is 5.56 Å². The van der Waals surface area contributed by atoms with Crippen LogP contribution in [0.25, 0.3) is 11.2 Å². The van der Waals surface area contributed by atoms with Crippen molar-refractivity contribution in [3.63, 3.8) is 0 Å². The fraction of sp³-hybridized carbons (Fsp3) is 0.478. The van der Waals surface area contributed by atoms with E-state index in [1.54, 1.807) is 10.9 Å². The van der Waals surface area contributed by atoms with Gasteiger partial charge in [-0.1, -0.05) is 30.3 Å². The van der Waals surface area contributed by atoms with Crippen molar-refractivity contribution < 1.29 is 14.3 Å². The van der Waals surface area contributed by atoms with E-state index in [0.29, 0.717) is 17.7 Å². The maximum Gasteiger partial charge on any atom is 0.320 e. The summed E-state index contributed by atoms with van der Waals surface area (Å²) in [6, 6.07) is 10.4. The first-order valence-corrected chi connectivity index (χ1v) is 11.4. The Kier molecular flexibility index (Phi) is 6.47. The third kappa shape index (κ3) is 5.13.